The number of aliphatic hydroxyl groups is 1. The van der Waals surface area contributed by atoms with Gasteiger partial charge in [-0.3, -0.25) is 14.9 Å². The highest BCUT2D eigenvalue weighted by atomic mass is 32.2. The van der Waals surface area contributed by atoms with E-state index in [-0.39, 0.29) is 27.7 Å². The SMILES string of the molecule is CCOC(=O)C1=C(O)/C(=C/c2ccc(O)c([N+](=O)[O-])c2)SC1=NC(=O)c1ccccc1. The first-order chi connectivity index (χ1) is 14.8. The number of aliphatic hydroxyl groups excluding tert-OH is 1. The number of phenolic OH excluding ortho intramolecular Hbond substituents is 1. The van der Waals surface area contributed by atoms with Gasteiger partial charge in [-0.25, -0.2) is 9.79 Å². The summed E-state index contributed by atoms with van der Waals surface area (Å²) < 4.78 is 4.97. The maximum atomic E-state index is 12.5. The molecule has 0 atom stereocenters. The second-order valence-electron chi connectivity index (χ2n) is 6.15. The molecule has 2 aromatic rings. The van der Waals surface area contributed by atoms with Crippen LogP contribution in [0.4, 0.5) is 5.69 Å². The molecule has 0 unspecified atom stereocenters. The van der Waals surface area contributed by atoms with Crippen molar-refractivity contribution >= 4 is 40.4 Å². The Morgan fingerprint density at radius 2 is 1.90 bits per heavy atom. The van der Waals surface area contributed by atoms with Crippen LogP contribution in [0.5, 0.6) is 5.75 Å². The lowest BCUT2D eigenvalue weighted by atomic mass is 10.1. The molecule has 1 heterocycles. The van der Waals surface area contributed by atoms with Gasteiger partial charge < -0.3 is 14.9 Å². The second kappa shape index (κ2) is 9.26. The Morgan fingerprint density at radius 3 is 2.55 bits per heavy atom. The fourth-order valence-corrected chi connectivity index (χ4v) is 3.67. The number of amides is 1. The largest absolute Gasteiger partial charge is 0.506 e. The van der Waals surface area contributed by atoms with Crippen molar-refractivity contribution in [1.82, 2.24) is 0 Å². The number of nitrogens with zero attached hydrogens (tertiary/aromatic N) is 2. The van der Waals surface area contributed by atoms with E-state index in [1.165, 1.54) is 12.1 Å². The number of rotatable bonds is 5. The van der Waals surface area contributed by atoms with Gasteiger partial charge in [0.05, 0.1) is 16.4 Å². The molecular weight excluding hydrogens is 424 g/mol. The number of benzene rings is 2. The van der Waals surface area contributed by atoms with Gasteiger partial charge in [0.2, 0.25) is 0 Å². The summed E-state index contributed by atoms with van der Waals surface area (Å²) in [5.41, 5.74) is -0.197. The summed E-state index contributed by atoms with van der Waals surface area (Å²) >= 11 is 0.850. The summed E-state index contributed by atoms with van der Waals surface area (Å²) in [7, 11) is 0. The van der Waals surface area contributed by atoms with E-state index in [1.807, 2.05) is 0 Å². The fourth-order valence-electron chi connectivity index (χ4n) is 2.66. The third-order valence-corrected chi connectivity index (χ3v) is 5.11. The minimum atomic E-state index is -0.854. The van der Waals surface area contributed by atoms with Gasteiger partial charge in [-0.05, 0) is 36.8 Å². The average Bonchev–Trinajstić information content (AvgIpc) is 3.04. The second-order valence-corrected chi connectivity index (χ2v) is 7.18. The van der Waals surface area contributed by atoms with Gasteiger partial charge in [0.25, 0.3) is 5.91 Å². The van der Waals surface area contributed by atoms with Crippen molar-refractivity contribution in [2.75, 3.05) is 6.61 Å². The molecule has 10 heteroatoms. The minimum absolute atomic E-state index is 0.0450. The van der Waals surface area contributed by atoms with Crippen molar-refractivity contribution in [3.05, 3.63) is 86.0 Å². The van der Waals surface area contributed by atoms with Gasteiger partial charge in [-0.2, -0.15) is 0 Å². The first kappa shape index (κ1) is 21.8. The number of nitro groups is 1. The van der Waals surface area contributed by atoms with Gasteiger partial charge in [0.15, 0.2) is 5.75 Å². The van der Waals surface area contributed by atoms with E-state index in [1.54, 1.807) is 37.3 Å². The van der Waals surface area contributed by atoms with E-state index >= 15 is 0 Å². The third-order valence-electron chi connectivity index (χ3n) is 4.09. The molecule has 0 bridgehead atoms. The van der Waals surface area contributed by atoms with Crippen molar-refractivity contribution in [2.24, 2.45) is 4.99 Å². The standard InChI is InChI=1S/C21H16N2O7S/c1-2-30-21(27)17-18(25)16(11-12-8-9-15(24)14(10-12)23(28)29)31-20(17)22-19(26)13-6-4-3-5-7-13/h3-11,24-25H,2H2,1H3/b16-11-,22-20?. The fraction of sp³-hybridized carbons (Fsp3) is 0.0952. The molecule has 3 rings (SSSR count). The highest BCUT2D eigenvalue weighted by Gasteiger charge is 2.34. The molecule has 9 nitrogen and oxygen atoms in total. The number of hydrogen-bond acceptors (Lipinski definition) is 8. The first-order valence-electron chi connectivity index (χ1n) is 8.98. The zero-order chi connectivity index (χ0) is 22.5. The zero-order valence-corrected chi connectivity index (χ0v) is 17.0. The number of aliphatic imine (C=N–C) groups is 1. The molecule has 1 aliphatic heterocycles. The quantitative estimate of drug-likeness (QED) is 0.404. The summed E-state index contributed by atoms with van der Waals surface area (Å²) in [5.74, 6) is -2.43. The number of carbonyl (C=O) groups excluding carboxylic acids is 2. The van der Waals surface area contributed by atoms with Crippen LogP contribution in [0.15, 0.2) is 69.8 Å². The lowest BCUT2D eigenvalue weighted by Gasteiger charge is -2.03. The highest BCUT2D eigenvalue weighted by Crippen LogP contribution is 2.40. The zero-order valence-electron chi connectivity index (χ0n) is 16.1. The third kappa shape index (κ3) is 4.81. The summed E-state index contributed by atoms with van der Waals surface area (Å²) in [6.45, 7) is 1.64. The Labute approximate surface area is 180 Å². The number of aromatic hydroxyl groups is 1. The predicted molar refractivity (Wildman–Crippen MR) is 115 cm³/mol. The maximum absolute atomic E-state index is 12.5. The van der Waals surface area contributed by atoms with Crippen LogP contribution in [-0.2, 0) is 9.53 Å². The van der Waals surface area contributed by atoms with Crippen LogP contribution in [0.25, 0.3) is 6.08 Å². The average molecular weight is 440 g/mol. The van der Waals surface area contributed by atoms with Crippen LogP contribution in [0.1, 0.15) is 22.8 Å². The topological polar surface area (TPSA) is 139 Å². The lowest BCUT2D eigenvalue weighted by molar-refractivity contribution is -0.385. The molecule has 1 aliphatic rings. The summed E-state index contributed by atoms with van der Waals surface area (Å²) in [6.07, 6.45) is 1.38. The van der Waals surface area contributed by atoms with E-state index in [2.05, 4.69) is 4.99 Å². The summed E-state index contributed by atoms with van der Waals surface area (Å²) in [4.78, 5) is 39.3. The Bertz CT molecular complexity index is 1150. The van der Waals surface area contributed by atoms with Crippen molar-refractivity contribution in [3.8, 4) is 5.75 Å². The van der Waals surface area contributed by atoms with Crippen molar-refractivity contribution in [1.29, 1.82) is 0 Å². The number of phenols is 1. The van der Waals surface area contributed by atoms with Crippen LogP contribution in [0, 0.1) is 10.1 Å². The van der Waals surface area contributed by atoms with Crippen LogP contribution in [-0.4, -0.2) is 38.7 Å². The maximum Gasteiger partial charge on any atom is 0.344 e. The van der Waals surface area contributed by atoms with E-state index in [0.717, 1.165) is 23.9 Å². The van der Waals surface area contributed by atoms with Crippen LogP contribution in [0.3, 0.4) is 0 Å². The monoisotopic (exact) mass is 440 g/mol. The minimum Gasteiger partial charge on any atom is -0.506 e. The molecule has 1 amide bonds. The van der Waals surface area contributed by atoms with E-state index in [9.17, 15) is 29.9 Å². The van der Waals surface area contributed by atoms with Gasteiger partial charge in [-0.1, -0.05) is 36.0 Å². The molecule has 158 valence electrons. The molecule has 0 fully saturated rings. The number of ether oxygens (including phenoxy) is 1. The Hall–Kier alpha value is -3.92. The molecular formula is C21H16N2O7S. The van der Waals surface area contributed by atoms with Gasteiger partial charge >= 0.3 is 11.7 Å². The molecule has 2 aromatic carbocycles. The summed E-state index contributed by atoms with van der Waals surface area (Å²) in [5, 5.41) is 31.2. The molecule has 31 heavy (non-hydrogen) atoms. The number of thioether (sulfide) groups is 1. The van der Waals surface area contributed by atoms with E-state index < -0.39 is 34.0 Å². The Morgan fingerprint density at radius 1 is 1.19 bits per heavy atom. The molecule has 2 N–H and O–H groups in total. The number of carbonyl (C=O) groups is 2. The van der Waals surface area contributed by atoms with Crippen LogP contribution < -0.4 is 0 Å². The van der Waals surface area contributed by atoms with E-state index in [0.29, 0.717) is 5.56 Å². The Balaban J connectivity index is 2.04. The normalized spacial score (nSPS) is 16.0. The predicted octanol–water partition coefficient (Wildman–Crippen LogP) is 4.00. The molecule has 0 spiro atoms. The first-order valence-corrected chi connectivity index (χ1v) is 9.79. The Kier molecular flexibility index (Phi) is 6.51. The van der Waals surface area contributed by atoms with Crippen molar-refractivity contribution < 1.29 is 29.5 Å². The van der Waals surface area contributed by atoms with Crippen LogP contribution in [0.2, 0.25) is 0 Å². The van der Waals surface area contributed by atoms with E-state index in [4.69, 9.17) is 4.74 Å². The number of nitro benzene ring substituents is 1. The van der Waals surface area contributed by atoms with Crippen molar-refractivity contribution in [3.63, 3.8) is 0 Å². The van der Waals surface area contributed by atoms with Crippen molar-refractivity contribution in [2.45, 2.75) is 6.92 Å². The highest BCUT2D eigenvalue weighted by molar-refractivity contribution is 8.18. The molecule has 0 radical (unpaired) electrons. The van der Waals surface area contributed by atoms with Crippen LogP contribution >= 0.6 is 11.8 Å². The van der Waals surface area contributed by atoms with Gasteiger partial charge in [0, 0.05) is 11.6 Å². The number of hydrogen-bond donors (Lipinski definition) is 2. The molecule has 0 saturated carbocycles. The lowest BCUT2D eigenvalue weighted by Crippen LogP contribution is -2.14. The molecule has 0 aliphatic carbocycles. The van der Waals surface area contributed by atoms with Gasteiger partial charge in [-0.15, -0.1) is 0 Å². The smallest absolute Gasteiger partial charge is 0.344 e. The molecule has 0 aromatic heterocycles. The molecule has 0 saturated heterocycles. The summed E-state index contributed by atoms with van der Waals surface area (Å²) in [6, 6.07) is 11.8. The number of esters is 1. The van der Waals surface area contributed by atoms with Gasteiger partial charge in [0.1, 0.15) is 16.4 Å².